The van der Waals surface area contributed by atoms with Crippen molar-refractivity contribution >= 4 is 35.6 Å². The molecule has 2 aromatic rings. The van der Waals surface area contributed by atoms with Crippen molar-refractivity contribution in [2.75, 3.05) is 19.8 Å². The molecular weight excluding hydrogens is 398 g/mol. The molecule has 1 atom stereocenters. The van der Waals surface area contributed by atoms with E-state index in [-0.39, 0.29) is 53.8 Å². The Morgan fingerprint density at radius 1 is 1.46 bits per heavy atom. The van der Waals surface area contributed by atoms with Crippen LogP contribution in [0.2, 0.25) is 5.02 Å². The van der Waals surface area contributed by atoms with E-state index in [0.29, 0.717) is 19.8 Å². The molecule has 0 aromatic carbocycles. The molecule has 0 aliphatic carbocycles. The fraction of sp³-hybridized carbons (Fsp3) is 0.500. The van der Waals surface area contributed by atoms with Crippen LogP contribution in [-0.4, -0.2) is 46.3 Å². The first-order valence-corrected chi connectivity index (χ1v) is 7.90. The molecule has 2 N–H and O–H groups in total. The number of alkyl halides is 3. The van der Waals surface area contributed by atoms with Gasteiger partial charge in [0.2, 0.25) is 5.91 Å². The first kappa shape index (κ1) is 20.7. The number of morpholine rings is 1. The number of amides is 1. The van der Waals surface area contributed by atoms with Crippen molar-refractivity contribution in [3.63, 3.8) is 0 Å². The highest BCUT2D eigenvalue weighted by Crippen LogP contribution is 2.32. The molecule has 26 heavy (non-hydrogen) atoms. The summed E-state index contributed by atoms with van der Waals surface area (Å²) in [5.41, 5.74) is -0.817. The predicted octanol–water partition coefficient (Wildman–Crippen LogP) is 1.82. The number of pyridine rings is 1. The average molecular weight is 414 g/mol. The topological polar surface area (TPSA) is 80.5 Å². The Kier molecular flexibility index (Phi) is 6.67. The van der Waals surface area contributed by atoms with Crippen LogP contribution in [-0.2, 0) is 22.3 Å². The van der Waals surface area contributed by atoms with Gasteiger partial charge in [-0.3, -0.25) is 9.20 Å². The number of carbonyl (C=O) groups excluding carboxylic acids is 1. The molecule has 3 rings (SSSR count). The van der Waals surface area contributed by atoms with E-state index in [1.54, 1.807) is 0 Å². The molecule has 7 nitrogen and oxygen atoms in total. The summed E-state index contributed by atoms with van der Waals surface area (Å²) in [6, 6.07) is 0.707. The van der Waals surface area contributed by atoms with E-state index in [9.17, 15) is 18.0 Å². The maximum absolute atomic E-state index is 12.9. The van der Waals surface area contributed by atoms with Gasteiger partial charge in [-0.25, -0.2) is 0 Å². The summed E-state index contributed by atoms with van der Waals surface area (Å²) in [4.78, 5) is 12.0. The molecule has 1 unspecified atom stereocenters. The second-order valence-electron chi connectivity index (χ2n) is 5.59. The Bertz CT molecular complexity index is 778. The monoisotopic (exact) mass is 413 g/mol. The molecule has 3 heterocycles. The Morgan fingerprint density at radius 3 is 2.88 bits per heavy atom. The molecule has 1 saturated heterocycles. The van der Waals surface area contributed by atoms with Crippen LogP contribution in [0.4, 0.5) is 13.2 Å². The highest BCUT2D eigenvalue weighted by Gasteiger charge is 2.32. The maximum Gasteiger partial charge on any atom is 0.417 e. The van der Waals surface area contributed by atoms with Gasteiger partial charge in [-0.15, -0.1) is 22.6 Å². The van der Waals surface area contributed by atoms with Crippen LogP contribution in [0.3, 0.4) is 0 Å². The van der Waals surface area contributed by atoms with Crippen LogP contribution in [0.5, 0.6) is 0 Å². The van der Waals surface area contributed by atoms with Crippen LogP contribution >= 0.6 is 24.0 Å². The van der Waals surface area contributed by atoms with Gasteiger partial charge in [0.1, 0.15) is 0 Å². The molecule has 12 heteroatoms. The molecule has 1 amide bonds. The zero-order chi connectivity index (χ0) is 18.0. The minimum absolute atomic E-state index is 0. The van der Waals surface area contributed by atoms with Crippen molar-refractivity contribution in [3.05, 3.63) is 28.7 Å². The van der Waals surface area contributed by atoms with Gasteiger partial charge >= 0.3 is 6.18 Å². The maximum atomic E-state index is 12.9. The number of ether oxygens (including phenoxy) is 1. The van der Waals surface area contributed by atoms with Gasteiger partial charge < -0.3 is 15.4 Å². The van der Waals surface area contributed by atoms with Gasteiger partial charge in [0, 0.05) is 25.2 Å². The fourth-order valence-electron chi connectivity index (χ4n) is 2.50. The Morgan fingerprint density at radius 2 is 2.23 bits per heavy atom. The highest BCUT2D eigenvalue weighted by atomic mass is 35.5. The molecule has 0 spiro atoms. The third-order valence-electron chi connectivity index (χ3n) is 3.73. The van der Waals surface area contributed by atoms with E-state index in [0.717, 1.165) is 16.7 Å². The highest BCUT2D eigenvalue weighted by molar-refractivity contribution is 6.33. The normalized spacial score (nSPS) is 17.8. The summed E-state index contributed by atoms with van der Waals surface area (Å²) in [5.74, 6) is -0.109. The second kappa shape index (κ2) is 8.38. The molecule has 0 radical (unpaired) electrons. The van der Waals surface area contributed by atoms with E-state index in [1.165, 1.54) is 0 Å². The van der Waals surface area contributed by atoms with E-state index >= 15 is 0 Å². The zero-order valence-electron chi connectivity index (χ0n) is 13.3. The zero-order valence-corrected chi connectivity index (χ0v) is 14.9. The Balaban J connectivity index is 0.00000243. The summed E-state index contributed by atoms with van der Waals surface area (Å²) < 4.78 is 45.1. The molecular formula is C14H16Cl2F3N5O2. The molecule has 0 saturated carbocycles. The quantitative estimate of drug-likeness (QED) is 0.798. The largest absolute Gasteiger partial charge is 0.417 e. The lowest BCUT2D eigenvalue weighted by molar-refractivity contribution is -0.137. The Labute approximate surface area is 157 Å². The van der Waals surface area contributed by atoms with E-state index in [2.05, 4.69) is 20.8 Å². The van der Waals surface area contributed by atoms with Gasteiger partial charge in [-0.1, -0.05) is 11.6 Å². The van der Waals surface area contributed by atoms with Gasteiger partial charge in [0.25, 0.3) is 0 Å². The lowest BCUT2D eigenvalue weighted by Gasteiger charge is -2.23. The summed E-state index contributed by atoms with van der Waals surface area (Å²) in [6.45, 7) is 1.65. The number of nitrogens with zero attached hydrogens (tertiary/aromatic N) is 3. The van der Waals surface area contributed by atoms with Crippen LogP contribution < -0.4 is 10.6 Å². The van der Waals surface area contributed by atoms with Gasteiger partial charge in [-0.05, 0) is 6.07 Å². The van der Waals surface area contributed by atoms with Crippen molar-refractivity contribution in [1.29, 1.82) is 0 Å². The molecule has 2 aromatic heterocycles. The first-order chi connectivity index (χ1) is 11.8. The second-order valence-corrected chi connectivity index (χ2v) is 6.00. The number of hydrogen-bond acceptors (Lipinski definition) is 5. The molecule has 1 aliphatic rings. The summed E-state index contributed by atoms with van der Waals surface area (Å²) in [5, 5.41) is 13.2. The van der Waals surface area contributed by atoms with Crippen molar-refractivity contribution < 1.29 is 22.7 Å². The standard InChI is InChI=1S/C14H15ClF3N5O2.ClH/c15-10-3-8(14(16,17)18)6-23-11(21-22-13(10)23)5-20-12(24)4-9-7-25-2-1-19-9;/h3,6,9,19H,1-2,4-5,7H2,(H,20,24);1H. The van der Waals surface area contributed by atoms with Crippen molar-refractivity contribution in [1.82, 2.24) is 25.2 Å². The van der Waals surface area contributed by atoms with Crippen molar-refractivity contribution in [2.24, 2.45) is 0 Å². The first-order valence-electron chi connectivity index (χ1n) is 7.53. The van der Waals surface area contributed by atoms with Crippen LogP contribution in [0.1, 0.15) is 17.8 Å². The number of aromatic nitrogens is 3. The third-order valence-corrected chi connectivity index (χ3v) is 4.01. The van der Waals surface area contributed by atoms with E-state index < -0.39 is 11.7 Å². The third kappa shape index (κ3) is 4.76. The van der Waals surface area contributed by atoms with Crippen molar-refractivity contribution in [2.45, 2.75) is 25.2 Å². The fourth-order valence-corrected chi connectivity index (χ4v) is 2.75. The number of carbonyl (C=O) groups is 1. The number of hydrogen-bond donors (Lipinski definition) is 2. The van der Waals surface area contributed by atoms with Crippen LogP contribution in [0.25, 0.3) is 5.65 Å². The minimum atomic E-state index is -4.55. The Hall–Kier alpha value is -1.62. The SMILES string of the molecule is Cl.O=C(CC1COCCN1)NCc1nnc2c(Cl)cc(C(F)(F)F)cn12. The van der Waals surface area contributed by atoms with Crippen molar-refractivity contribution in [3.8, 4) is 0 Å². The van der Waals surface area contributed by atoms with Crippen LogP contribution in [0.15, 0.2) is 12.3 Å². The number of nitrogens with one attached hydrogen (secondary N) is 2. The lowest BCUT2D eigenvalue weighted by atomic mass is 10.2. The number of halogens is 5. The lowest BCUT2D eigenvalue weighted by Crippen LogP contribution is -2.44. The average Bonchev–Trinajstić information content (AvgIpc) is 2.97. The summed E-state index contributed by atoms with van der Waals surface area (Å²) in [7, 11) is 0. The molecule has 0 bridgehead atoms. The summed E-state index contributed by atoms with van der Waals surface area (Å²) >= 11 is 5.84. The smallest absolute Gasteiger partial charge is 0.378 e. The van der Waals surface area contributed by atoms with Gasteiger partial charge in [-0.2, -0.15) is 13.2 Å². The number of rotatable bonds is 4. The van der Waals surface area contributed by atoms with Gasteiger partial charge in [0.15, 0.2) is 11.5 Å². The number of fused-ring (bicyclic) bond motifs is 1. The van der Waals surface area contributed by atoms with E-state index in [4.69, 9.17) is 16.3 Å². The van der Waals surface area contributed by atoms with Gasteiger partial charge in [0.05, 0.1) is 30.3 Å². The molecule has 1 fully saturated rings. The van der Waals surface area contributed by atoms with E-state index in [1.807, 2.05) is 0 Å². The van der Waals surface area contributed by atoms with Crippen LogP contribution in [0, 0.1) is 0 Å². The minimum Gasteiger partial charge on any atom is -0.378 e. The summed E-state index contributed by atoms with van der Waals surface area (Å²) in [6.07, 6.45) is -3.49. The molecule has 1 aliphatic heterocycles. The molecule has 144 valence electrons. The predicted molar refractivity (Wildman–Crippen MR) is 89.3 cm³/mol.